The zero-order chi connectivity index (χ0) is 2.71. The molecule has 0 aromatic heterocycles. The maximum Gasteiger partial charge on any atom is 2.00 e. The standard InChI is InChI=1S/CH4O2.Ba.2H/c1-3-2;;;/h2H,1H3;;;/q;+2;2*-1. The predicted molar refractivity (Wildman–Crippen MR) is 17.6 cm³/mol. The maximum absolute atomic E-state index is 7.07. The summed E-state index contributed by atoms with van der Waals surface area (Å²) in [5.41, 5.74) is 0. The summed E-state index contributed by atoms with van der Waals surface area (Å²) < 4.78 is 0. The largest absolute Gasteiger partial charge is 2.00 e. The van der Waals surface area contributed by atoms with Crippen LogP contribution in [-0.4, -0.2) is 61.2 Å². The van der Waals surface area contributed by atoms with Crippen LogP contribution in [-0.2, 0) is 4.89 Å². The van der Waals surface area contributed by atoms with Gasteiger partial charge < -0.3 is 2.85 Å². The van der Waals surface area contributed by atoms with Gasteiger partial charge in [-0.25, -0.2) is 4.89 Å². The van der Waals surface area contributed by atoms with Crippen molar-refractivity contribution in [3.05, 3.63) is 0 Å². The van der Waals surface area contributed by atoms with Gasteiger partial charge in [-0.1, -0.05) is 0 Å². The molecule has 0 aromatic carbocycles. The molecule has 0 amide bonds. The molecule has 4 heavy (non-hydrogen) atoms. The van der Waals surface area contributed by atoms with E-state index in [4.69, 9.17) is 5.26 Å². The van der Waals surface area contributed by atoms with Crippen molar-refractivity contribution in [2.75, 3.05) is 7.11 Å². The molecule has 0 rings (SSSR count). The fourth-order valence-electron chi connectivity index (χ4n) is 0. The summed E-state index contributed by atoms with van der Waals surface area (Å²) >= 11 is 0. The van der Waals surface area contributed by atoms with E-state index in [9.17, 15) is 0 Å². The van der Waals surface area contributed by atoms with Gasteiger partial charge in [0.2, 0.25) is 0 Å². The summed E-state index contributed by atoms with van der Waals surface area (Å²) in [6.45, 7) is 0. The Bertz CT molecular complexity index is 11.5. The van der Waals surface area contributed by atoms with Crippen LogP contribution in [0.5, 0.6) is 0 Å². The Kier molecular flexibility index (Phi) is 20.0. The van der Waals surface area contributed by atoms with Gasteiger partial charge in [0.05, 0.1) is 7.11 Å². The molecule has 0 radical (unpaired) electrons. The second kappa shape index (κ2) is 8.82. The molecule has 1 N–H and O–H groups in total. The first-order chi connectivity index (χ1) is 1.41. The van der Waals surface area contributed by atoms with Crippen LogP contribution in [0, 0.1) is 0 Å². The summed E-state index contributed by atoms with van der Waals surface area (Å²) in [5.74, 6) is 0. The van der Waals surface area contributed by atoms with Gasteiger partial charge in [-0.3, -0.25) is 5.26 Å². The van der Waals surface area contributed by atoms with Crippen LogP contribution in [0.4, 0.5) is 0 Å². The zero-order valence-corrected chi connectivity index (χ0v) is 7.00. The van der Waals surface area contributed by atoms with Crippen LogP contribution in [0.15, 0.2) is 0 Å². The third-order valence-electron chi connectivity index (χ3n) is 0. The first-order valence-electron chi connectivity index (χ1n) is 0.591. The second-order valence-electron chi connectivity index (χ2n) is 0.183. The molecule has 0 aliphatic heterocycles. The molecule has 0 saturated heterocycles. The van der Waals surface area contributed by atoms with E-state index in [1.807, 2.05) is 0 Å². The van der Waals surface area contributed by atoms with Crippen LogP contribution < -0.4 is 0 Å². The van der Waals surface area contributed by atoms with Crippen molar-refractivity contribution in [2.45, 2.75) is 0 Å². The number of hydrogen-bond donors (Lipinski definition) is 1. The van der Waals surface area contributed by atoms with Crippen LogP contribution in [0.1, 0.15) is 2.85 Å². The molecule has 0 fully saturated rings. The molecular formula is CH6BaO2. The van der Waals surface area contributed by atoms with E-state index < -0.39 is 0 Å². The monoisotopic (exact) mass is 188 g/mol. The van der Waals surface area contributed by atoms with Crippen molar-refractivity contribution >= 4 is 48.9 Å². The van der Waals surface area contributed by atoms with Crippen molar-refractivity contribution in [2.24, 2.45) is 0 Å². The van der Waals surface area contributed by atoms with Crippen LogP contribution in [0.25, 0.3) is 0 Å². The summed E-state index contributed by atoms with van der Waals surface area (Å²) in [6.07, 6.45) is 0. The molecule has 0 saturated carbocycles. The Morgan fingerprint density at radius 1 is 2.00 bits per heavy atom. The average Bonchev–Trinajstić information content (AvgIpc) is 0.918. The van der Waals surface area contributed by atoms with Crippen molar-refractivity contribution in [1.29, 1.82) is 0 Å². The van der Waals surface area contributed by atoms with Gasteiger partial charge in [0.15, 0.2) is 0 Å². The summed E-state index contributed by atoms with van der Waals surface area (Å²) in [5, 5.41) is 7.07. The van der Waals surface area contributed by atoms with Crippen LogP contribution in [0.3, 0.4) is 0 Å². The van der Waals surface area contributed by atoms with Crippen LogP contribution in [0.2, 0.25) is 0 Å². The topological polar surface area (TPSA) is 29.5 Å². The minimum atomic E-state index is 0. The molecule has 0 aliphatic rings. The number of rotatable bonds is 0. The Morgan fingerprint density at radius 3 is 2.00 bits per heavy atom. The third kappa shape index (κ3) is 9.74. The Labute approximate surface area is 68.1 Å². The van der Waals surface area contributed by atoms with Gasteiger partial charge in [0.1, 0.15) is 0 Å². The second-order valence-corrected chi connectivity index (χ2v) is 0.183. The first kappa shape index (κ1) is 9.09. The fraction of sp³-hybridized carbons (Fsp3) is 1.00. The molecule has 0 aliphatic carbocycles. The van der Waals surface area contributed by atoms with Gasteiger partial charge >= 0.3 is 48.9 Å². The molecule has 0 atom stereocenters. The van der Waals surface area contributed by atoms with Crippen molar-refractivity contribution in [3.63, 3.8) is 0 Å². The van der Waals surface area contributed by atoms with E-state index >= 15 is 0 Å². The smallest absolute Gasteiger partial charge is 1.00 e. The molecule has 24 valence electrons. The molecule has 3 heteroatoms. The summed E-state index contributed by atoms with van der Waals surface area (Å²) in [6, 6.07) is 0. The Balaban J connectivity index is -0.00000000667. The Hall–Kier alpha value is 1.49. The molecule has 0 heterocycles. The van der Waals surface area contributed by atoms with E-state index in [0.29, 0.717) is 0 Å². The van der Waals surface area contributed by atoms with Gasteiger partial charge in [-0.05, 0) is 0 Å². The first-order valence-corrected chi connectivity index (χ1v) is 0.591. The minimum Gasteiger partial charge on any atom is -1.00 e. The van der Waals surface area contributed by atoms with Gasteiger partial charge in [0, 0.05) is 0 Å². The quantitative estimate of drug-likeness (QED) is 0.327. The molecule has 0 bridgehead atoms. The molecule has 2 nitrogen and oxygen atoms in total. The molecule has 0 spiro atoms. The molecule has 0 unspecified atom stereocenters. The minimum absolute atomic E-state index is 0. The van der Waals surface area contributed by atoms with E-state index in [1.54, 1.807) is 0 Å². The fourth-order valence-corrected chi connectivity index (χ4v) is 0. The van der Waals surface area contributed by atoms with Gasteiger partial charge in [0.25, 0.3) is 0 Å². The summed E-state index contributed by atoms with van der Waals surface area (Å²) in [7, 11) is 1.18. The van der Waals surface area contributed by atoms with Crippen molar-refractivity contribution in [3.8, 4) is 0 Å². The zero-order valence-electron chi connectivity index (χ0n) is 4.56. The molecular weight excluding hydrogens is 181 g/mol. The van der Waals surface area contributed by atoms with E-state index in [-0.39, 0.29) is 51.7 Å². The normalized spacial score (nSPS) is 4.50. The van der Waals surface area contributed by atoms with E-state index in [2.05, 4.69) is 4.89 Å². The van der Waals surface area contributed by atoms with Gasteiger partial charge in [-0.15, -0.1) is 0 Å². The van der Waals surface area contributed by atoms with Crippen molar-refractivity contribution < 1.29 is 13.0 Å². The SMILES string of the molecule is COO.[Ba+2].[H-].[H-]. The Morgan fingerprint density at radius 2 is 2.00 bits per heavy atom. The average molecular weight is 187 g/mol. The van der Waals surface area contributed by atoms with Crippen molar-refractivity contribution in [1.82, 2.24) is 0 Å². The van der Waals surface area contributed by atoms with Crippen LogP contribution >= 0.6 is 0 Å². The third-order valence-corrected chi connectivity index (χ3v) is 0. The predicted octanol–water partition coefficient (Wildman–Crippen LogP) is -0.0500. The number of hydrogen-bond acceptors (Lipinski definition) is 2. The van der Waals surface area contributed by atoms with Gasteiger partial charge in [-0.2, -0.15) is 0 Å². The molecule has 0 aromatic rings. The van der Waals surface area contributed by atoms with E-state index in [1.165, 1.54) is 7.11 Å². The van der Waals surface area contributed by atoms with E-state index in [0.717, 1.165) is 0 Å². The maximum atomic E-state index is 7.07. The summed E-state index contributed by atoms with van der Waals surface area (Å²) in [4.78, 5) is 3.25.